The van der Waals surface area contributed by atoms with Crippen molar-refractivity contribution in [3.63, 3.8) is 0 Å². The summed E-state index contributed by atoms with van der Waals surface area (Å²) < 4.78 is 21.6. The molecule has 6 heteroatoms. The summed E-state index contributed by atoms with van der Waals surface area (Å²) in [5.74, 6) is 0.338. The number of rotatable bonds is 6. The Bertz CT molecular complexity index is 1320. The second kappa shape index (κ2) is 8.88. The first kappa shape index (κ1) is 22.2. The van der Waals surface area contributed by atoms with Gasteiger partial charge in [0.05, 0.1) is 25.1 Å². The van der Waals surface area contributed by atoms with Crippen molar-refractivity contribution in [3.8, 4) is 16.2 Å². The predicted molar refractivity (Wildman–Crippen MR) is 128 cm³/mol. The molecule has 1 N–H and O–H groups in total. The summed E-state index contributed by atoms with van der Waals surface area (Å²) in [5, 5.41) is 11.3. The van der Waals surface area contributed by atoms with Crippen LogP contribution in [0.5, 0.6) is 5.75 Å². The molecule has 0 saturated carbocycles. The minimum absolute atomic E-state index is 0.123. The highest BCUT2D eigenvalue weighted by Gasteiger charge is 2.23. The molecular weight excluding hydrogens is 425 g/mol. The van der Waals surface area contributed by atoms with Crippen molar-refractivity contribution in [1.82, 2.24) is 4.57 Å². The molecular formula is C26H26FNO3S. The van der Waals surface area contributed by atoms with Gasteiger partial charge in [-0.1, -0.05) is 32.0 Å². The maximum absolute atomic E-state index is 14.4. The van der Waals surface area contributed by atoms with Gasteiger partial charge in [0.25, 0.3) is 0 Å². The first-order valence-corrected chi connectivity index (χ1v) is 11.4. The number of fused-ring (bicyclic) bond motifs is 1. The molecule has 0 radical (unpaired) electrons. The average Bonchev–Trinajstić information content (AvgIpc) is 3.14. The highest BCUT2D eigenvalue weighted by molar-refractivity contribution is 7.22. The van der Waals surface area contributed by atoms with Gasteiger partial charge < -0.3 is 14.4 Å². The normalized spacial score (nSPS) is 12.5. The number of halogens is 1. The van der Waals surface area contributed by atoms with E-state index in [2.05, 4.69) is 0 Å². The zero-order valence-corrected chi connectivity index (χ0v) is 19.4. The van der Waals surface area contributed by atoms with Crippen molar-refractivity contribution in [3.05, 3.63) is 87.5 Å². The monoisotopic (exact) mass is 451 g/mol. The van der Waals surface area contributed by atoms with Crippen LogP contribution in [0.25, 0.3) is 20.7 Å². The summed E-state index contributed by atoms with van der Waals surface area (Å²) in [6.45, 7) is 5.94. The van der Waals surface area contributed by atoms with Crippen LogP contribution in [0.1, 0.15) is 36.6 Å². The molecule has 0 aliphatic rings. The number of pyridine rings is 1. The number of aliphatic hydroxyl groups excluding tert-OH is 1. The molecule has 4 rings (SSSR count). The van der Waals surface area contributed by atoms with Crippen LogP contribution in [0.2, 0.25) is 0 Å². The standard InChI is InChI=1S/C26H26FNO3S/c1-15(2)23(29)20-14-28(13-18-7-5-6-8-21(18)27)26-22(24(20)30)16(3)25(32-26)17-9-11-19(31-4)12-10-17/h5-12,14-15,23,29H,13H2,1-4H3. The van der Waals surface area contributed by atoms with E-state index in [4.69, 9.17) is 4.74 Å². The van der Waals surface area contributed by atoms with Gasteiger partial charge in [-0.15, -0.1) is 11.3 Å². The van der Waals surface area contributed by atoms with Gasteiger partial charge >= 0.3 is 0 Å². The van der Waals surface area contributed by atoms with Gasteiger partial charge in [-0.05, 0) is 54.3 Å². The Kier molecular flexibility index (Phi) is 6.17. The van der Waals surface area contributed by atoms with Gasteiger partial charge in [0.15, 0.2) is 5.43 Å². The molecule has 32 heavy (non-hydrogen) atoms. The Morgan fingerprint density at radius 3 is 2.44 bits per heavy atom. The summed E-state index contributed by atoms with van der Waals surface area (Å²) in [7, 11) is 1.62. The van der Waals surface area contributed by atoms with Gasteiger partial charge in [0, 0.05) is 22.2 Å². The highest BCUT2D eigenvalue weighted by Crippen LogP contribution is 2.38. The van der Waals surface area contributed by atoms with E-state index in [1.807, 2.05) is 49.6 Å². The molecule has 4 aromatic rings. The van der Waals surface area contributed by atoms with Crippen LogP contribution in [0.4, 0.5) is 4.39 Å². The Hall–Kier alpha value is -2.96. The van der Waals surface area contributed by atoms with Crippen molar-refractivity contribution in [1.29, 1.82) is 0 Å². The first-order valence-electron chi connectivity index (χ1n) is 10.5. The van der Waals surface area contributed by atoms with Crippen LogP contribution in [0, 0.1) is 18.7 Å². The first-order chi connectivity index (χ1) is 15.3. The van der Waals surface area contributed by atoms with Crippen molar-refractivity contribution in [2.75, 3.05) is 7.11 Å². The average molecular weight is 452 g/mol. The van der Waals surface area contributed by atoms with E-state index in [1.54, 1.807) is 31.5 Å². The third-order valence-electron chi connectivity index (χ3n) is 5.77. The minimum Gasteiger partial charge on any atom is -0.497 e. The zero-order chi connectivity index (χ0) is 23.0. The smallest absolute Gasteiger partial charge is 0.196 e. The Balaban J connectivity index is 1.97. The number of thiophene rings is 1. The molecule has 1 unspecified atom stereocenters. The second-order valence-corrected chi connectivity index (χ2v) is 9.29. The molecule has 0 spiro atoms. The lowest BCUT2D eigenvalue weighted by atomic mass is 9.98. The zero-order valence-electron chi connectivity index (χ0n) is 18.6. The van der Waals surface area contributed by atoms with Gasteiger partial charge in [0.2, 0.25) is 0 Å². The highest BCUT2D eigenvalue weighted by atomic mass is 32.1. The van der Waals surface area contributed by atoms with Crippen LogP contribution in [-0.2, 0) is 6.54 Å². The Morgan fingerprint density at radius 2 is 1.81 bits per heavy atom. The Morgan fingerprint density at radius 1 is 1.12 bits per heavy atom. The molecule has 0 fully saturated rings. The topological polar surface area (TPSA) is 51.5 Å². The molecule has 0 aliphatic carbocycles. The lowest BCUT2D eigenvalue weighted by Gasteiger charge is -2.17. The van der Waals surface area contributed by atoms with Crippen LogP contribution < -0.4 is 10.2 Å². The molecule has 0 saturated heterocycles. The molecule has 1 atom stereocenters. The summed E-state index contributed by atoms with van der Waals surface area (Å²) in [4.78, 5) is 15.2. The van der Waals surface area contributed by atoms with Gasteiger partial charge in [-0.25, -0.2) is 4.39 Å². The fraction of sp³-hybridized carbons (Fsp3) is 0.269. The molecule has 2 aromatic heterocycles. The van der Waals surface area contributed by atoms with Crippen molar-refractivity contribution in [2.24, 2.45) is 5.92 Å². The summed E-state index contributed by atoms with van der Waals surface area (Å²) in [6, 6.07) is 14.3. The van der Waals surface area contributed by atoms with Crippen LogP contribution in [0.3, 0.4) is 0 Å². The van der Waals surface area contributed by atoms with E-state index < -0.39 is 6.10 Å². The lowest BCUT2D eigenvalue weighted by Crippen LogP contribution is -2.20. The third-order valence-corrected chi connectivity index (χ3v) is 7.15. The van der Waals surface area contributed by atoms with Crippen molar-refractivity contribution < 1.29 is 14.2 Å². The van der Waals surface area contributed by atoms with E-state index >= 15 is 0 Å². The lowest BCUT2D eigenvalue weighted by molar-refractivity contribution is 0.125. The number of hydrogen-bond donors (Lipinski definition) is 1. The molecule has 0 bridgehead atoms. The fourth-order valence-electron chi connectivity index (χ4n) is 3.91. The van der Waals surface area contributed by atoms with Crippen LogP contribution in [-0.4, -0.2) is 16.8 Å². The molecule has 4 nitrogen and oxygen atoms in total. The largest absolute Gasteiger partial charge is 0.497 e. The second-order valence-electron chi connectivity index (χ2n) is 8.29. The molecule has 0 amide bonds. The van der Waals surface area contributed by atoms with E-state index in [1.165, 1.54) is 17.4 Å². The molecule has 2 aromatic carbocycles. The predicted octanol–water partition coefficient (Wildman–Crippen LogP) is 5.92. The Labute approximate surface area is 190 Å². The summed E-state index contributed by atoms with van der Waals surface area (Å²) in [5.41, 5.74) is 2.54. The SMILES string of the molecule is COc1ccc(-c2sc3c(c2C)c(=O)c(C(O)C(C)C)cn3Cc2ccccc2F)cc1. The molecule has 2 heterocycles. The number of aliphatic hydroxyl groups is 1. The van der Waals surface area contributed by atoms with Crippen molar-refractivity contribution in [2.45, 2.75) is 33.4 Å². The maximum Gasteiger partial charge on any atom is 0.196 e. The summed E-state index contributed by atoms with van der Waals surface area (Å²) >= 11 is 1.50. The number of methoxy groups -OCH3 is 1. The third kappa shape index (κ3) is 3.96. The molecule has 166 valence electrons. The van der Waals surface area contributed by atoms with Gasteiger partial charge in [-0.3, -0.25) is 4.79 Å². The van der Waals surface area contributed by atoms with E-state index in [9.17, 15) is 14.3 Å². The van der Waals surface area contributed by atoms with Crippen LogP contribution in [0.15, 0.2) is 59.5 Å². The number of hydrogen-bond acceptors (Lipinski definition) is 4. The van der Waals surface area contributed by atoms with Crippen LogP contribution >= 0.6 is 11.3 Å². The fourth-order valence-corrected chi connectivity index (χ4v) is 5.20. The number of ether oxygens (including phenoxy) is 1. The molecule has 0 aliphatic heterocycles. The van der Waals surface area contributed by atoms with E-state index in [0.717, 1.165) is 26.6 Å². The number of nitrogens with zero attached hydrogens (tertiary/aromatic N) is 1. The minimum atomic E-state index is -0.900. The van der Waals surface area contributed by atoms with E-state index in [0.29, 0.717) is 16.5 Å². The number of aromatic nitrogens is 1. The summed E-state index contributed by atoms with van der Waals surface area (Å²) in [6.07, 6.45) is 0.790. The quantitative estimate of drug-likeness (QED) is 0.396. The number of benzene rings is 2. The van der Waals surface area contributed by atoms with E-state index in [-0.39, 0.29) is 23.7 Å². The van der Waals surface area contributed by atoms with Gasteiger partial charge in [0.1, 0.15) is 16.4 Å². The van der Waals surface area contributed by atoms with Gasteiger partial charge in [-0.2, -0.15) is 0 Å². The van der Waals surface area contributed by atoms with Crippen molar-refractivity contribution >= 4 is 21.6 Å². The number of aryl methyl sites for hydroxylation is 1. The maximum atomic E-state index is 14.4.